The zero-order chi connectivity index (χ0) is 16.4. The number of aromatic nitrogens is 1. The maximum atomic E-state index is 13.0. The average Bonchev–Trinajstić information content (AvgIpc) is 2.68. The van der Waals surface area contributed by atoms with Crippen molar-refractivity contribution in [1.29, 1.82) is 0 Å². The van der Waals surface area contributed by atoms with Crippen LogP contribution >= 0.6 is 0 Å². The van der Waals surface area contributed by atoms with Crippen LogP contribution in [0.15, 0.2) is 66.9 Å². The van der Waals surface area contributed by atoms with E-state index in [1.54, 1.807) is 0 Å². The lowest BCUT2D eigenvalue weighted by Gasteiger charge is -2.36. The second-order valence-electron chi connectivity index (χ2n) is 6.33. The predicted octanol–water partition coefficient (Wildman–Crippen LogP) is 4.60. The minimum Gasteiger partial charge on any atom is -0.332 e. The highest BCUT2D eigenvalue weighted by atomic mass is 16.2. The number of carbonyl (C=O) groups is 1. The Morgan fingerprint density at radius 2 is 1.88 bits per heavy atom. The summed E-state index contributed by atoms with van der Waals surface area (Å²) in [5, 5.41) is 1.13. The van der Waals surface area contributed by atoms with Crippen LogP contribution in [0.1, 0.15) is 41.2 Å². The summed E-state index contributed by atoms with van der Waals surface area (Å²) >= 11 is 0. The molecule has 0 radical (unpaired) electrons. The van der Waals surface area contributed by atoms with E-state index in [4.69, 9.17) is 0 Å². The Morgan fingerprint density at radius 1 is 1.00 bits per heavy atom. The average molecular weight is 316 g/mol. The molecule has 1 aliphatic rings. The molecule has 4 rings (SSSR count). The largest absolute Gasteiger partial charge is 0.332 e. The van der Waals surface area contributed by atoms with Crippen molar-refractivity contribution < 1.29 is 4.79 Å². The second-order valence-corrected chi connectivity index (χ2v) is 6.33. The molecule has 3 aromatic rings. The van der Waals surface area contributed by atoms with E-state index in [1.807, 2.05) is 47.5 Å². The number of piperidine rings is 1. The number of hydrogen-bond donors (Lipinski definition) is 0. The highest BCUT2D eigenvalue weighted by Crippen LogP contribution is 2.33. The zero-order valence-corrected chi connectivity index (χ0v) is 13.6. The van der Waals surface area contributed by atoms with Gasteiger partial charge in [-0.05, 0) is 55.2 Å². The molecule has 3 heteroatoms. The van der Waals surface area contributed by atoms with Gasteiger partial charge in [0.05, 0.1) is 11.6 Å². The Balaban J connectivity index is 1.69. The van der Waals surface area contributed by atoms with Gasteiger partial charge >= 0.3 is 0 Å². The normalized spacial score (nSPS) is 17.8. The first kappa shape index (κ1) is 14.9. The fourth-order valence-corrected chi connectivity index (χ4v) is 3.57. The van der Waals surface area contributed by atoms with Gasteiger partial charge in [0.2, 0.25) is 0 Å². The molecule has 0 aliphatic carbocycles. The van der Waals surface area contributed by atoms with Crippen LogP contribution in [-0.2, 0) is 0 Å². The van der Waals surface area contributed by atoms with Gasteiger partial charge in [-0.25, -0.2) is 0 Å². The van der Waals surface area contributed by atoms with Crippen LogP contribution in [0.3, 0.4) is 0 Å². The van der Waals surface area contributed by atoms with E-state index in [0.29, 0.717) is 0 Å². The summed E-state index contributed by atoms with van der Waals surface area (Å²) in [4.78, 5) is 19.4. The molecule has 24 heavy (non-hydrogen) atoms. The Kier molecular flexibility index (Phi) is 3.99. The van der Waals surface area contributed by atoms with E-state index < -0.39 is 0 Å². The van der Waals surface area contributed by atoms with Crippen LogP contribution in [0.4, 0.5) is 0 Å². The van der Waals surface area contributed by atoms with Gasteiger partial charge in [0.15, 0.2) is 0 Å². The summed E-state index contributed by atoms with van der Waals surface area (Å²) < 4.78 is 0. The molecule has 1 aliphatic heterocycles. The number of carbonyl (C=O) groups excluding carboxylic acids is 1. The number of amides is 1. The second kappa shape index (κ2) is 6.44. The van der Waals surface area contributed by atoms with E-state index in [1.165, 1.54) is 5.56 Å². The van der Waals surface area contributed by atoms with Gasteiger partial charge in [-0.3, -0.25) is 9.78 Å². The summed E-state index contributed by atoms with van der Waals surface area (Å²) in [6.45, 7) is 0.823. The lowest BCUT2D eigenvalue weighted by atomic mass is 9.93. The van der Waals surface area contributed by atoms with Crippen molar-refractivity contribution >= 4 is 16.8 Å². The molecule has 0 saturated carbocycles. The zero-order valence-electron chi connectivity index (χ0n) is 13.6. The van der Waals surface area contributed by atoms with E-state index >= 15 is 0 Å². The summed E-state index contributed by atoms with van der Waals surface area (Å²) in [5.74, 6) is 0.131. The molecule has 3 nitrogen and oxygen atoms in total. The third kappa shape index (κ3) is 2.78. The minimum atomic E-state index is 0.131. The highest BCUT2D eigenvalue weighted by molar-refractivity contribution is 5.94. The van der Waals surface area contributed by atoms with Crippen molar-refractivity contribution in [3.63, 3.8) is 0 Å². The van der Waals surface area contributed by atoms with Crippen LogP contribution in [0.2, 0.25) is 0 Å². The van der Waals surface area contributed by atoms with Crippen LogP contribution in [0.25, 0.3) is 10.9 Å². The van der Waals surface area contributed by atoms with Gasteiger partial charge < -0.3 is 4.90 Å². The van der Waals surface area contributed by atoms with Crippen molar-refractivity contribution in [2.45, 2.75) is 25.3 Å². The Bertz CT molecular complexity index is 860. The lowest BCUT2D eigenvalue weighted by Crippen LogP contribution is -2.38. The van der Waals surface area contributed by atoms with Crippen molar-refractivity contribution in [3.05, 3.63) is 78.0 Å². The molecule has 0 unspecified atom stereocenters. The maximum absolute atomic E-state index is 13.0. The van der Waals surface area contributed by atoms with Gasteiger partial charge in [0.25, 0.3) is 5.91 Å². The van der Waals surface area contributed by atoms with Gasteiger partial charge in [-0.1, -0.05) is 30.3 Å². The van der Waals surface area contributed by atoms with Gasteiger partial charge in [-0.2, -0.15) is 0 Å². The molecule has 1 atom stereocenters. The number of likely N-dealkylation sites (tertiary alicyclic amines) is 1. The molecular weight excluding hydrogens is 296 g/mol. The number of hydrogen-bond acceptors (Lipinski definition) is 2. The molecule has 0 N–H and O–H groups in total. The smallest absolute Gasteiger partial charge is 0.254 e. The molecule has 0 spiro atoms. The number of rotatable bonds is 2. The van der Waals surface area contributed by atoms with E-state index in [0.717, 1.165) is 42.3 Å². The monoisotopic (exact) mass is 316 g/mol. The topological polar surface area (TPSA) is 33.2 Å². The number of fused-ring (bicyclic) bond motifs is 1. The van der Waals surface area contributed by atoms with Crippen molar-refractivity contribution in [3.8, 4) is 0 Å². The van der Waals surface area contributed by atoms with Gasteiger partial charge in [0.1, 0.15) is 0 Å². The molecule has 2 aromatic carbocycles. The third-order valence-electron chi connectivity index (χ3n) is 4.80. The van der Waals surface area contributed by atoms with Crippen molar-refractivity contribution in [1.82, 2.24) is 9.88 Å². The number of pyridine rings is 1. The van der Waals surface area contributed by atoms with Gasteiger partial charge in [0, 0.05) is 23.7 Å². The SMILES string of the molecule is O=C(c1ccccc1)N1CCCC[C@@H]1c1ccc2ncccc2c1. The molecule has 0 bridgehead atoms. The summed E-state index contributed by atoms with van der Waals surface area (Å²) in [6, 6.07) is 20.2. The summed E-state index contributed by atoms with van der Waals surface area (Å²) in [6.07, 6.45) is 5.07. The Labute approximate surface area is 141 Å². The maximum Gasteiger partial charge on any atom is 0.254 e. The molecule has 2 heterocycles. The van der Waals surface area contributed by atoms with E-state index in [-0.39, 0.29) is 11.9 Å². The Morgan fingerprint density at radius 3 is 2.75 bits per heavy atom. The fourth-order valence-electron chi connectivity index (χ4n) is 3.57. The number of nitrogens with zero attached hydrogens (tertiary/aromatic N) is 2. The summed E-state index contributed by atoms with van der Waals surface area (Å²) in [7, 11) is 0. The highest BCUT2D eigenvalue weighted by Gasteiger charge is 2.28. The van der Waals surface area contributed by atoms with Crippen molar-refractivity contribution in [2.24, 2.45) is 0 Å². The van der Waals surface area contributed by atoms with Crippen LogP contribution in [-0.4, -0.2) is 22.3 Å². The lowest BCUT2D eigenvalue weighted by molar-refractivity contribution is 0.0611. The van der Waals surface area contributed by atoms with Crippen molar-refractivity contribution in [2.75, 3.05) is 6.54 Å². The van der Waals surface area contributed by atoms with Gasteiger partial charge in [-0.15, -0.1) is 0 Å². The quantitative estimate of drug-likeness (QED) is 0.692. The third-order valence-corrected chi connectivity index (χ3v) is 4.80. The minimum absolute atomic E-state index is 0.131. The molecule has 1 aromatic heterocycles. The standard InChI is InChI=1S/C21H20N2O/c24-21(16-7-2-1-3-8-16)23-14-5-4-10-20(23)18-11-12-19-17(15-18)9-6-13-22-19/h1-3,6-9,11-13,15,20H,4-5,10,14H2/t20-/m1/s1. The van der Waals surface area contributed by atoms with E-state index in [2.05, 4.69) is 29.2 Å². The van der Waals surface area contributed by atoms with E-state index in [9.17, 15) is 4.79 Å². The fraction of sp³-hybridized carbons (Fsp3) is 0.238. The Hall–Kier alpha value is -2.68. The molecular formula is C21H20N2O. The first-order valence-corrected chi connectivity index (χ1v) is 8.53. The van der Waals surface area contributed by atoms with Crippen LogP contribution in [0, 0.1) is 0 Å². The van der Waals surface area contributed by atoms with Crippen LogP contribution < -0.4 is 0 Å². The molecule has 120 valence electrons. The molecule has 1 fully saturated rings. The number of benzene rings is 2. The first-order valence-electron chi connectivity index (χ1n) is 8.53. The molecule has 1 amide bonds. The van der Waals surface area contributed by atoms with Crippen LogP contribution in [0.5, 0.6) is 0 Å². The molecule has 1 saturated heterocycles. The predicted molar refractivity (Wildman–Crippen MR) is 95.8 cm³/mol. The summed E-state index contributed by atoms with van der Waals surface area (Å²) in [5.41, 5.74) is 2.98. The first-order chi connectivity index (χ1) is 11.8.